The lowest BCUT2D eigenvalue weighted by Gasteiger charge is -2.32. The van der Waals surface area contributed by atoms with Crippen LogP contribution >= 0.6 is 0 Å². The molecule has 0 spiro atoms. The molecule has 42 heavy (non-hydrogen) atoms. The van der Waals surface area contributed by atoms with Gasteiger partial charge in [0.2, 0.25) is 0 Å². The zero-order valence-corrected chi connectivity index (χ0v) is 23.1. The Morgan fingerprint density at radius 3 is 0.881 bits per heavy atom. The molecule has 0 fully saturated rings. The first-order valence-electron chi connectivity index (χ1n) is 14.2. The molecule has 0 aliphatic rings. The van der Waals surface area contributed by atoms with Gasteiger partial charge in [-0.2, -0.15) is 0 Å². The summed E-state index contributed by atoms with van der Waals surface area (Å²) in [6.45, 7) is 0. The molecule has 2 nitrogen and oxygen atoms in total. The van der Waals surface area contributed by atoms with Crippen molar-refractivity contribution >= 4 is 21.5 Å². The highest BCUT2D eigenvalue weighted by molar-refractivity contribution is 6.02. The molecule has 0 bridgehead atoms. The molecule has 0 saturated heterocycles. The molecule has 0 aliphatic carbocycles. The maximum Gasteiger partial charge on any atom is 0.141 e. The smallest absolute Gasteiger partial charge is 0.141 e. The zero-order chi connectivity index (χ0) is 28.6. The second-order valence-electron chi connectivity index (χ2n) is 10.8. The van der Waals surface area contributed by atoms with Gasteiger partial charge in [-0.05, 0) is 55.9 Å². The fourth-order valence-corrected chi connectivity index (χ4v) is 6.35. The first-order chi connectivity index (χ1) is 20.6. The maximum absolute atomic E-state index is 12.6. The lowest BCUT2D eigenvalue weighted by molar-refractivity contribution is 0.127. The van der Waals surface area contributed by atoms with Gasteiger partial charge in [0.05, 0.1) is 0 Å². The molecular formula is C40H30O2. The third-order valence-corrected chi connectivity index (χ3v) is 8.43. The third kappa shape index (κ3) is 4.12. The summed E-state index contributed by atoms with van der Waals surface area (Å²) in [6.07, 6.45) is 0. The zero-order valence-electron chi connectivity index (χ0n) is 23.1. The minimum Gasteiger partial charge on any atom is -0.376 e. The quantitative estimate of drug-likeness (QED) is 0.163. The molecule has 2 heteroatoms. The molecule has 0 amide bonds. The maximum atomic E-state index is 12.6. The van der Waals surface area contributed by atoms with E-state index in [-0.39, 0.29) is 0 Å². The van der Waals surface area contributed by atoms with Gasteiger partial charge in [0, 0.05) is 11.1 Å². The molecule has 7 rings (SSSR count). The van der Waals surface area contributed by atoms with E-state index in [1.165, 1.54) is 0 Å². The van der Waals surface area contributed by atoms with Gasteiger partial charge in [0.25, 0.3) is 0 Å². The van der Waals surface area contributed by atoms with Crippen molar-refractivity contribution in [3.63, 3.8) is 0 Å². The van der Waals surface area contributed by atoms with E-state index in [1.54, 1.807) is 0 Å². The summed E-state index contributed by atoms with van der Waals surface area (Å²) < 4.78 is 0. The summed E-state index contributed by atoms with van der Waals surface area (Å²) in [4.78, 5) is 0. The fourth-order valence-electron chi connectivity index (χ4n) is 6.35. The van der Waals surface area contributed by atoms with Crippen LogP contribution in [0.2, 0.25) is 0 Å². The monoisotopic (exact) mass is 542 g/mol. The van der Waals surface area contributed by atoms with Crippen molar-refractivity contribution < 1.29 is 10.2 Å². The average molecular weight is 543 g/mol. The standard InChI is InChI=1S/C40H30O2/c41-39(31-17-5-1-6-18-31,32-19-7-2-8-20-32)37-25-13-15-29-28-36-30(27-35(29)37)16-14-26-38(36)40(42,33-21-9-3-10-22-33)34-23-11-4-12-24-34/h1-28,41-42H. The van der Waals surface area contributed by atoms with Gasteiger partial charge in [-0.3, -0.25) is 0 Å². The number of hydrogen-bond donors (Lipinski definition) is 2. The molecule has 0 saturated carbocycles. The number of aliphatic hydroxyl groups is 2. The van der Waals surface area contributed by atoms with E-state index in [0.29, 0.717) is 0 Å². The van der Waals surface area contributed by atoms with Crippen LogP contribution in [0.1, 0.15) is 33.4 Å². The predicted octanol–water partition coefficient (Wildman–Crippen LogP) is 8.56. The highest BCUT2D eigenvalue weighted by Crippen LogP contribution is 2.44. The average Bonchev–Trinajstić information content (AvgIpc) is 3.07. The Morgan fingerprint density at radius 2 is 0.595 bits per heavy atom. The Morgan fingerprint density at radius 1 is 0.310 bits per heavy atom. The molecule has 0 aliphatic heterocycles. The van der Waals surface area contributed by atoms with Crippen LogP contribution in [0.4, 0.5) is 0 Å². The van der Waals surface area contributed by atoms with Crippen LogP contribution in [0.5, 0.6) is 0 Å². The minimum atomic E-state index is -1.36. The van der Waals surface area contributed by atoms with Crippen molar-refractivity contribution in [3.05, 3.63) is 203 Å². The van der Waals surface area contributed by atoms with E-state index < -0.39 is 11.2 Å². The fraction of sp³-hybridized carbons (Fsp3) is 0.0500. The third-order valence-electron chi connectivity index (χ3n) is 8.43. The Kier molecular flexibility index (Phi) is 6.43. The normalized spacial score (nSPS) is 12.0. The summed E-state index contributed by atoms with van der Waals surface area (Å²) >= 11 is 0. The van der Waals surface area contributed by atoms with Gasteiger partial charge in [0.15, 0.2) is 0 Å². The molecule has 0 heterocycles. The Hall–Kier alpha value is -5.02. The number of benzene rings is 7. The van der Waals surface area contributed by atoms with Crippen molar-refractivity contribution in [1.29, 1.82) is 0 Å². The second kappa shape index (κ2) is 10.4. The molecular weight excluding hydrogens is 512 g/mol. The molecule has 7 aromatic rings. The minimum absolute atomic E-state index is 0.806. The van der Waals surface area contributed by atoms with Gasteiger partial charge in [0.1, 0.15) is 11.2 Å². The van der Waals surface area contributed by atoms with Gasteiger partial charge >= 0.3 is 0 Å². The molecule has 202 valence electrons. The van der Waals surface area contributed by atoms with Crippen LogP contribution < -0.4 is 0 Å². The summed E-state index contributed by atoms with van der Waals surface area (Å²) in [5, 5.41) is 29.2. The van der Waals surface area contributed by atoms with Crippen LogP contribution in [0.15, 0.2) is 170 Å². The molecule has 0 unspecified atom stereocenters. The summed E-state index contributed by atoms with van der Waals surface area (Å²) in [7, 11) is 0. The van der Waals surface area contributed by atoms with Crippen molar-refractivity contribution in [2.24, 2.45) is 0 Å². The van der Waals surface area contributed by atoms with E-state index in [4.69, 9.17) is 0 Å². The van der Waals surface area contributed by atoms with E-state index in [0.717, 1.165) is 54.9 Å². The second-order valence-corrected chi connectivity index (χ2v) is 10.8. The Labute approximate surface area is 245 Å². The summed E-state index contributed by atoms with van der Waals surface area (Å²) in [5.74, 6) is 0. The van der Waals surface area contributed by atoms with Crippen molar-refractivity contribution in [3.8, 4) is 0 Å². The lowest BCUT2D eigenvalue weighted by Crippen LogP contribution is -2.29. The van der Waals surface area contributed by atoms with E-state index >= 15 is 0 Å². The Balaban J connectivity index is 1.51. The van der Waals surface area contributed by atoms with Crippen molar-refractivity contribution in [2.75, 3.05) is 0 Å². The van der Waals surface area contributed by atoms with Gasteiger partial charge < -0.3 is 10.2 Å². The first kappa shape index (κ1) is 25.9. The van der Waals surface area contributed by atoms with Crippen molar-refractivity contribution in [2.45, 2.75) is 11.2 Å². The number of fused-ring (bicyclic) bond motifs is 2. The van der Waals surface area contributed by atoms with Crippen LogP contribution in [-0.2, 0) is 11.2 Å². The predicted molar refractivity (Wildman–Crippen MR) is 171 cm³/mol. The molecule has 2 N–H and O–H groups in total. The summed E-state index contributed by atoms with van der Waals surface area (Å²) in [6, 6.07) is 55.9. The first-order valence-corrected chi connectivity index (χ1v) is 14.2. The van der Waals surface area contributed by atoms with Gasteiger partial charge in [-0.1, -0.05) is 158 Å². The number of rotatable bonds is 6. The van der Waals surface area contributed by atoms with Gasteiger partial charge in [-0.25, -0.2) is 0 Å². The van der Waals surface area contributed by atoms with E-state index in [1.807, 2.05) is 146 Å². The lowest BCUT2D eigenvalue weighted by atomic mass is 9.76. The highest BCUT2D eigenvalue weighted by Gasteiger charge is 2.37. The molecule has 0 radical (unpaired) electrons. The highest BCUT2D eigenvalue weighted by atomic mass is 16.3. The SMILES string of the molecule is OC(c1ccccc1)(c1ccccc1)c1cccc2cc3c(C(O)(c4ccccc4)c4ccccc4)cccc3cc12. The van der Waals surface area contributed by atoms with Crippen molar-refractivity contribution in [1.82, 2.24) is 0 Å². The largest absolute Gasteiger partial charge is 0.376 e. The van der Waals surface area contributed by atoms with Crippen LogP contribution in [-0.4, -0.2) is 10.2 Å². The molecule has 0 aromatic heterocycles. The van der Waals surface area contributed by atoms with Crippen LogP contribution in [0.3, 0.4) is 0 Å². The van der Waals surface area contributed by atoms with E-state index in [9.17, 15) is 10.2 Å². The number of hydrogen-bond acceptors (Lipinski definition) is 2. The topological polar surface area (TPSA) is 40.5 Å². The molecule has 7 aromatic carbocycles. The summed E-state index contributed by atoms with van der Waals surface area (Å²) in [5.41, 5.74) is 2.13. The van der Waals surface area contributed by atoms with Crippen LogP contribution in [0, 0.1) is 0 Å². The van der Waals surface area contributed by atoms with Crippen LogP contribution in [0.25, 0.3) is 21.5 Å². The Bertz CT molecular complexity index is 1760. The van der Waals surface area contributed by atoms with E-state index in [2.05, 4.69) is 24.3 Å². The molecule has 0 atom stereocenters. The van der Waals surface area contributed by atoms with Gasteiger partial charge in [-0.15, -0.1) is 0 Å².